The second-order valence-electron chi connectivity index (χ2n) is 3.68. The molecule has 0 saturated heterocycles. The van der Waals surface area contributed by atoms with Crippen LogP contribution in [0.15, 0.2) is 0 Å². The van der Waals surface area contributed by atoms with Crippen molar-refractivity contribution in [3.05, 3.63) is 0 Å². The molecule has 1 atom stereocenters. The molecule has 0 spiro atoms. The van der Waals surface area contributed by atoms with Crippen LogP contribution in [0.1, 0.15) is 0 Å². The van der Waals surface area contributed by atoms with E-state index in [2.05, 4.69) is 0 Å². The molecule has 0 radical (unpaired) electrons. The normalized spacial score (nSPS) is 16.2. The molecule has 10 nitrogen and oxygen atoms in total. The van der Waals surface area contributed by atoms with Gasteiger partial charge in [0.05, 0.1) is 11.8 Å². The second kappa shape index (κ2) is 5.36. The Hall–Kier alpha value is -0.310. The van der Waals surface area contributed by atoms with E-state index in [4.69, 9.17) is 13.7 Å². The van der Waals surface area contributed by atoms with Gasteiger partial charge in [-0.05, 0) is 14.1 Å². The minimum atomic E-state index is -5.29. The summed E-state index contributed by atoms with van der Waals surface area (Å²) in [5.41, 5.74) is 0. The van der Waals surface area contributed by atoms with Gasteiger partial charge in [0.1, 0.15) is 0 Å². The third-order valence-corrected chi connectivity index (χ3v) is 5.97. The summed E-state index contributed by atoms with van der Waals surface area (Å²) in [6, 6.07) is -1.88. The Kier molecular flexibility index (Phi) is 5.27. The molecule has 1 unspecified atom stereocenters. The quantitative estimate of drug-likeness (QED) is 0.460. The topological polar surface area (TPSA) is 166 Å². The Balaban J connectivity index is 5.85. The Labute approximate surface area is 105 Å². The van der Waals surface area contributed by atoms with Gasteiger partial charge in [-0.2, -0.15) is 25.3 Å². The standard InChI is InChI=1S/C5H13NO9S3/c1-6(2)4(3-16(7,8)9)5(17(10,11)12)18(13,14)15/h4-5H,3H2,1-2H3,(H,7,8,9)(H,10,11,12)(H,13,14,15). The number of hydrogen-bond acceptors (Lipinski definition) is 7. The highest BCUT2D eigenvalue weighted by molar-refractivity contribution is 8.04. The van der Waals surface area contributed by atoms with Crippen LogP contribution in [0.5, 0.6) is 0 Å². The predicted octanol–water partition coefficient (Wildman–Crippen LogP) is -2.09. The summed E-state index contributed by atoms with van der Waals surface area (Å²) in [5, 5.41) is 0. The fraction of sp³-hybridized carbons (Fsp3) is 1.00. The van der Waals surface area contributed by atoms with Gasteiger partial charge in [-0.15, -0.1) is 0 Å². The summed E-state index contributed by atoms with van der Waals surface area (Å²) in [7, 11) is -13.1. The van der Waals surface area contributed by atoms with Crippen LogP contribution in [0.4, 0.5) is 0 Å². The van der Waals surface area contributed by atoms with Crippen molar-refractivity contribution in [2.24, 2.45) is 0 Å². The molecule has 0 aromatic heterocycles. The number of nitrogens with zero attached hydrogens (tertiary/aromatic N) is 1. The summed E-state index contributed by atoms with van der Waals surface area (Å²) in [4.78, 5) is 0.819. The zero-order valence-corrected chi connectivity index (χ0v) is 11.8. The zero-order valence-electron chi connectivity index (χ0n) is 9.32. The molecule has 13 heteroatoms. The molecule has 0 aliphatic heterocycles. The Morgan fingerprint density at radius 3 is 1.39 bits per heavy atom. The fourth-order valence-electron chi connectivity index (χ4n) is 1.24. The van der Waals surface area contributed by atoms with Crippen molar-refractivity contribution in [1.82, 2.24) is 4.90 Å². The van der Waals surface area contributed by atoms with Crippen molar-refractivity contribution in [1.29, 1.82) is 0 Å². The molecule has 0 aliphatic rings. The minimum Gasteiger partial charge on any atom is -0.303 e. The van der Waals surface area contributed by atoms with Crippen molar-refractivity contribution in [2.75, 3.05) is 19.8 Å². The van der Waals surface area contributed by atoms with Crippen LogP contribution in [0, 0.1) is 0 Å². The average Bonchev–Trinajstić information content (AvgIpc) is 1.93. The van der Waals surface area contributed by atoms with Crippen molar-refractivity contribution in [2.45, 2.75) is 10.6 Å². The Bertz CT molecular complexity index is 554. The first-order valence-corrected chi connectivity index (χ1v) is 8.82. The first-order chi connectivity index (χ1) is 7.66. The SMILES string of the molecule is CN(C)C(CS(=O)(=O)O)C(S(=O)(=O)O)S(=O)(=O)O. The van der Waals surface area contributed by atoms with Crippen molar-refractivity contribution in [3.63, 3.8) is 0 Å². The molecule has 3 N–H and O–H groups in total. The van der Waals surface area contributed by atoms with Crippen LogP contribution in [-0.2, 0) is 30.4 Å². The average molecular weight is 327 g/mol. The maximum absolute atomic E-state index is 10.9. The highest BCUT2D eigenvalue weighted by Gasteiger charge is 2.45. The van der Waals surface area contributed by atoms with Crippen LogP contribution >= 0.6 is 0 Å². The van der Waals surface area contributed by atoms with Gasteiger partial charge in [0.25, 0.3) is 30.4 Å². The predicted molar refractivity (Wildman–Crippen MR) is 60.8 cm³/mol. The van der Waals surface area contributed by atoms with Gasteiger partial charge in [0.15, 0.2) is 0 Å². The summed E-state index contributed by atoms with van der Waals surface area (Å²) >= 11 is 0. The molecule has 110 valence electrons. The first kappa shape index (κ1) is 17.7. The maximum atomic E-state index is 10.9. The van der Waals surface area contributed by atoms with Gasteiger partial charge < -0.3 is 4.90 Å². The highest BCUT2D eigenvalue weighted by atomic mass is 32.3. The highest BCUT2D eigenvalue weighted by Crippen LogP contribution is 2.17. The van der Waals surface area contributed by atoms with Gasteiger partial charge >= 0.3 is 0 Å². The van der Waals surface area contributed by atoms with E-state index in [1.165, 1.54) is 0 Å². The third kappa shape index (κ3) is 5.55. The van der Waals surface area contributed by atoms with Gasteiger partial charge in [-0.1, -0.05) is 0 Å². The van der Waals surface area contributed by atoms with Crippen LogP contribution in [-0.4, -0.2) is 74.3 Å². The molecular weight excluding hydrogens is 314 g/mol. The van der Waals surface area contributed by atoms with Gasteiger partial charge in [-0.25, -0.2) is 0 Å². The van der Waals surface area contributed by atoms with Crippen LogP contribution in [0.2, 0.25) is 0 Å². The molecular formula is C5H13NO9S3. The molecule has 0 aromatic rings. The largest absolute Gasteiger partial charge is 0.303 e. The van der Waals surface area contributed by atoms with E-state index in [9.17, 15) is 25.3 Å². The fourth-order valence-corrected chi connectivity index (χ4v) is 5.11. The lowest BCUT2D eigenvalue weighted by Gasteiger charge is -2.27. The second-order valence-corrected chi connectivity index (χ2v) is 8.55. The lowest BCUT2D eigenvalue weighted by atomic mass is 10.3. The molecule has 0 rings (SSSR count). The van der Waals surface area contributed by atoms with Gasteiger partial charge in [-0.3, -0.25) is 13.7 Å². The molecule has 0 bridgehead atoms. The number of hydrogen-bond donors (Lipinski definition) is 3. The van der Waals surface area contributed by atoms with E-state index in [1.807, 2.05) is 0 Å². The lowest BCUT2D eigenvalue weighted by Crippen LogP contribution is -2.51. The summed E-state index contributed by atoms with van der Waals surface area (Å²) in [6.07, 6.45) is 0. The summed E-state index contributed by atoms with van der Waals surface area (Å²) < 4.78 is 88.4. The summed E-state index contributed by atoms with van der Waals surface area (Å²) in [6.45, 7) is 0. The lowest BCUT2D eigenvalue weighted by molar-refractivity contribution is 0.305. The van der Waals surface area contributed by atoms with E-state index in [0.29, 0.717) is 0 Å². The van der Waals surface area contributed by atoms with Crippen LogP contribution in [0.25, 0.3) is 0 Å². The van der Waals surface area contributed by atoms with E-state index in [1.54, 1.807) is 0 Å². The first-order valence-electron chi connectivity index (χ1n) is 4.20. The Morgan fingerprint density at radius 1 is 0.889 bits per heavy atom. The molecule has 0 fully saturated rings. The molecule has 0 aliphatic carbocycles. The minimum absolute atomic E-state index is 0.819. The molecule has 0 heterocycles. The van der Waals surface area contributed by atoms with Crippen molar-refractivity contribution >= 4 is 30.4 Å². The molecule has 0 saturated carbocycles. The number of rotatable bonds is 6. The van der Waals surface area contributed by atoms with Crippen LogP contribution < -0.4 is 0 Å². The molecule has 0 aromatic carbocycles. The third-order valence-electron chi connectivity index (χ3n) is 1.95. The monoisotopic (exact) mass is 327 g/mol. The van der Waals surface area contributed by atoms with Crippen molar-refractivity contribution in [3.8, 4) is 0 Å². The van der Waals surface area contributed by atoms with Gasteiger partial charge in [0, 0.05) is 0 Å². The smallest absolute Gasteiger partial charge is 0.286 e. The van der Waals surface area contributed by atoms with Gasteiger partial charge in [0.2, 0.25) is 4.58 Å². The summed E-state index contributed by atoms with van der Waals surface area (Å²) in [5.74, 6) is -1.30. The van der Waals surface area contributed by atoms with E-state index < -0.39 is 46.7 Å². The van der Waals surface area contributed by atoms with Crippen molar-refractivity contribution < 1.29 is 38.9 Å². The van der Waals surface area contributed by atoms with E-state index >= 15 is 0 Å². The molecule has 18 heavy (non-hydrogen) atoms. The Morgan fingerprint density at radius 2 is 1.22 bits per heavy atom. The maximum Gasteiger partial charge on any atom is 0.286 e. The zero-order chi connectivity index (χ0) is 14.9. The van der Waals surface area contributed by atoms with Crippen LogP contribution in [0.3, 0.4) is 0 Å². The van der Waals surface area contributed by atoms with E-state index in [0.717, 1.165) is 19.0 Å². The molecule has 0 amide bonds. The van der Waals surface area contributed by atoms with E-state index in [-0.39, 0.29) is 0 Å².